The normalized spacial score (nSPS) is 11.5. The Hall–Kier alpha value is -3.10. The molecule has 0 saturated heterocycles. The highest BCUT2D eigenvalue weighted by atomic mass is 35.5. The van der Waals surface area contributed by atoms with Gasteiger partial charge < -0.3 is 4.74 Å². The van der Waals surface area contributed by atoms with Crippen molar-refractivity contribution in [1.82, 2.24) is 14.6 Å². The summed E-state index contributed by atoms with van der Waals surface area (Å²) in [5.41, 5.74) is 1.75. The Balaban J connectivity index is 1.82. The molecule has 0 bridgehead atoms. The second kappa shape index (κ2) is 7.73. The summed E-state index contributed by atoms with van der Waals surface area (Å²) in [7, 11) is -2.34. The van der Waals surface area contributed by atoms with Gasteiger partial charge in [0.15, 0.2) is 5.65 Å². The summed E-state index contributed by atoms with van der Waals surface area (Å²) in [5.74, 6) is 0.634. The third-order valence-electron chi connectivity index (χ3n) is 4.48. The molecule has 0 unspecified atom stereocenters. The van der Waals surface area contributed by atoms with Crippen LogP contribution in [0.5, 0.6) is 5.75 Å². The lowest BCUT2D eigenvalue weighted by Crippen LogP contribution is -2.30. The van der Waals surface area contributed by atoms with E-state index in [0.717, 1.165) is 0 Å². The monoisotopic (exact) mass is 428 g/mol. The van der Waals surface area contributed by atoms with E-state index in [4.69, 9.17) is 16.3 Å². The number of rotatable bonds is 6. The van der Waals surface area contributed by atoms with E-state index in [1.165, 1.54) is 22.9 Å². The fraction of sp³-hybridized carbons (Fsp3) is 0.100. The van der Waals surface area contributed by atoms with Gasteiger partial charge >= 0.3 is 0 Å². The number of sulfonamides is 1. The summed E-state index contributed by atoms with van der Waals surface area (Å²) in [4.78, 5) is 0.118. The third kappa shape index (κ3) is 3.76. The van der Waals surface area contributed by atoms with Crippen molar-refractivity contribution in [1.29, 1.82) is 0 Å². The molecule has 2 aromatic carbocycles. The van der Waals surface area contributed by atoms with Crippen molar-refractivity contribution in [3.05, 3.63) is 83.8 Å². The molecule has 4 aromatic rings. The first-order valence-electron chi connectivity index (χ1n) is 8.68. The molecule has 2 heterocycles. The van der Waals surface area contributed by atoms with Crippen LogP contribution in [0.15, 0.2) is 78.1 Å². The second-order valence-corrected chi connectivity index (χ2v) is 8.53. The Morgan fingerprint density at radius 1 is 1.07 bits per heavy atom. The number of benzene rings is 2. The Kier molecular flexibility index (Phi) is 5.12. The molecule has 9 heteroatoms. The first-order chi connectivity index (χ1) is 14.0. The van der Waals surface area contributed by atoms with E-state index in [9.17, 15) is 8.42 Å². The van der Waals surface area contributed by atoms with Crippen LogP contribution in [0.4, 0.5) is 5.69 Å². The maximum atomic E-state index is 13.6. The van der Waals surface area contributed by atoms with Crippen molar-refractivity contribution in [2.24, 2.45) is 0 Å². The highest BCUT2D eigenvalue weighted by Gasteiger charge is 2.26. The predicted octanol–water partition coefficient (Wildman–Crippen LogP) is 3.79. The molecule has 0 aliphatic carbocycles. The number of anilines is 1. The highest BCUT2D eigenvalue weighted by molar-refractivity contribution is 7.92. The standard InChI is InChI=1S/C20H17ClN4O3S/c1-28-17-8-6-16(7-9-17)25(12-15-4-2-3-5-19(15)21)29(26,27)18-10-11-20-23-22-14-24(20)13-18/h2-11,13-14H,12H2,1H3. The largest absolute Gasteiger partial charge is 0.497 e. The average molecular weight is 429 g/mol. The molecule has 0 aliphatic rings. The summed E-state index contributed by atoms with van der Waals surface area (Å²) < 4.78 is 35.2. The molecular weight excluding hydrogens is 412 g/mol. The van der Waals surface area contributed by atoms with Gasteiger partial charge in [0.2, 0.25) is 0 Å². The molecule has 0 amide bonds. The Bertz CT molecular complexity index is 1260. The molecular formula is C20H17ClN4O3S. The van der Waals surface area contributed by atoms with Crippen LogP contribution >= 0.6 is 11.6 Å². The third-order valence-corrected chi connectivity index (χ3v) is 6.61. The minimum absolute atomic E-state index is 0.0779. The quantitative estimate of drug-likeness (QED) is 0.467. The van der Waals surface area contributed by atoms with E-state index in [0.29, 0.717) is 27.7 Å². The van der Waals surface area contributed by atoms with Crippen LogP contribution in [0, 0.1) is 0 Å². The van der Waals surface area contributed by atoms with Crippen molar-refractivity contribution < 1.29 is 13.2 Å². The van der Waals surface area contributed by atoms with Gasteiger partial charge in [0.25, 0.3) is 10.0 Å². The van der Waals surface area contributed by atoms with E-state index in [1.807, 2.05) is 6.07 Å². The molecule has 0 aliphatic heterocycles. The Labute approximate surface area is 173 Å². The van der Waals surface area contributed by atoms with Gasteiger partial charge in [-0.25, -0.2) is 8.42 Å². The molecule has 148 valence electrons. The van der Waals surface area contributed by atoms with Gasteiger partial charge in [-0.2, -0.15) is 0 Å². The zero-order valence-electron chi connectivity index (χ0n) is 15.4. The Morgan fingerprint density at radius 2 is 1.83 bits per heavy atom. The van der Waals surface area contributed by atoms with Gasteiger partial charge in [-0.1, -0.05) is 29.8 Å². The molecule has 0 spiro atoms. The first kappa shape index (κ1) is 19.2. The van der Waals surface area contributed by atoms with Crippen LogP contribution in [0.1, 0.15) is 5.56 Å². The zero-order chi connectivity index (χ0) is 20.4. The van der Waals surface area contributed by atoms with Crippen LogP contribution in [-0.2, 0) is 16.6 Å². The zero-order valence-corrected chi connectivity index (χ0v) is 17.0. The lowest BCUT2D eigenvalue weighted by atomic mass is 10.2. The molecule has 0 saturated carbocycles. The summed E-state index contributed by atoms with van der Waals surface area (Å²) in [5, 5.41) is 8.21. The molecule has 29 heavy (non-hydrogen) atoms. The smallest absolute Gasteiger partial charge is 0.266 e. The topological polar surface area (TPSA) is 76.8 Å². The summed E-state index contributed by atoms with van der Waals surface area (Å²) >= 11 is 6.30. The number of hydrogen-bond acceptors (Lipinski definition) is 5. The Morgan fingerprint density at radius 3 is 2.55 bits per heavy atom. The molecule has 0 radical (unpaired) electrons. The van der Waals surface area contributed by atoms with Gasteiger partial charge in [0, 0.05) is 11.2 Å². The van der Waals surface area contributed by atoms with Crippen molar-refractivity contribution in [3.8, 4) is 5.75 Å². The molecule has 7 nitrogen and oxygen atoms in total. The van der Waals surface area contributed by atoms with E-state index >= 15 is 0 Å². The van der Waals surface area contributed by atoms with Crippen LogP contribution < -0.4 is 9.04 Å². The number of hydrogen-bond donors (Lipinski definition) is 0. The summed E-state index contributed by atoms with van der Waals surface area (Å²) in [6.07, 6.45) is 2.95. The van der Waals surface area contributed by atoms with Crippen LogP contribution in [-0.4, -0.2) is 30.1 Å². The maximum Gasteiger partial charge on any atom is 0.266 e. The van der Waals surface area contributed by atoms with Gasteiger partial charge in [0.05, 0.1) is 19.3 Å². The number of pyridine rings is 1. The van der Waals surface area contributed by atoms with Gasteiger partial charge in [-0.05, 0) is 48.0 Å². The lowest BCUT2D eigenvalue weighted by Gasteiger charge is -2.25. The molecule has 4 rings (SSSR count). The van der Waals surface area contributed by atoms with Gasteiger partial charge in [-0.15, -0.1) is 10.2 Å². The van der Waals surface area contributed by atoms with Crippen LogP contribution in [0.2, 0.25) is 5.02 Å². The van der Waals surface area contributed by atoms with Crippen LogP contribution in [0.3, 0.4) is 0 Å². The molecule has 0 fully saturated rings. The maximum absolute atomic E-state index is 13.6. The number of fused-ring (bicyclic) bond motifs is 1. The van der Waals surface area contributed by atoms with E-state index in [-0.39, 0.29) is 11.4 Å². The van der Waals surface area contributed by atoms with Crippen molar-refractivity contribution in [2.75, 3.05) is 11.4 Å². The minimum Gasteiger partial charge on any atom is -0.497 e. The lowest BCUT2D eigenvalue weighted by molar-refractivity contribution is 0.415. The molecule has 0 N–H and O–H groups in total. The number of ether oxygens (including phenoxy) is 1. The average Bonchev–Trinajstić information content (AvgIpc) is 3.21. The fourth-order valence-electron chi connectivity index (χ4n) is 2.93. The number of aromatic nitrogens is 3. The predicted molar refractivity (Wildman–Crippen MR) is 111 cm³/mol. The number of methoxy groups -OCH3 is 1. The van der Waals surface area contributed by atoms with Gasteiger partial charge in [0.1, 0.15) is 17.0 Å². The fourth-order valence-corrected chi connectivity index (χ4v) is 4.58. The minimum atomic E-state index is -3.90. The highest BCUT2D eigenvalue weighted by Crippen LogP contribution is 2.29. The molecule has 0 atom stereocenters. The second-order valence-electron chi connectivity index (χ2n) is 6.26. The summed E-state index contributed by atoms with van der Waals surface area (Å²) in [6.45, 7) is 0.0779. The van der Waals surface area contributed by atoms with Crippen molar-refractivity contribution >= 4 is 33.0 Å². The SMILES string of the molecule is COc1ccc(N(Cc2ccccc2Cl)S(=O)(=O)c2ccc3nncn3c2)cc1. The van der Waals surface area contributed by atoms with E-state index in [1.54, 1.807) is 60.0 Å². The van der Waals surface area contributed by atoms with E-state index < -0.39 is 10.0 Å². The van der Waals surface area contributed by atoms with Gasteiger partial charge in [-0.3, -0.25) is 8.71 Å². The van der Waals surface area contributed by atoms with Crippen molar-refractivity contribution in [3.63, 3.8) is 0 Å². The number of halogens is 1. The molecule has 2 aromatic heterocycles. The first-order valence-corrected chi connectivity index (χ1v) is 10.5. The van der Waals surface area contributed by atoms with E-state index in [2.05, 4.69) is 10.2 Å². The van der Waals surface area contributed by atoms with Crippen molar-refractivity contribution in [2.45, 2.75) is 11.4 Å². The number of nitrogens with zero attached hydrogens (tertiary/aromatic N) is 4. The van der Waals surface area contributed by atoms with Crippen LogP contribution in [0.25, 0.3) is 5.65 Å². The summed E-state index contributed by atoms with van der Waals surface area (Å²) in [6, 6.07) is 17.1.